The Labute approximate surface area is 123 Å². The van der Waals surface area contributed by atoms with E-state index in [1.54, 1.807) is 0 Å². The van der Waals surface area contributed by atoms with Crippen molar-refractivity contribution in [2.45, 2.75) is 51.6 Å². The maximum absolute atomic E-state index is 11.7. The van der Waals surface area contributed by atoms with Crippen molar-refractivity contribution in [3.63, 3.8) is 0 Å². The molecule has 1 unspecified atom stereocenters. The second-order valence-electron chi connectivity index (χ2n) is 6.56. The molecule has 1 aliphatic heterocycles. The predicted octanol–water partition coefficient (Wildman–Crippen LogP) is 0.977. The van der Waals surface area contributed by atoms with E-state index in [1.807, 2.05) is 20.8 Å². The van der Waals surface area contributed by atoms with Gasteiger partial charge in [-0.25, -0.2) is 0 Å². The molecular formula is C15H31N3O2. The minimum atomic E-state index is -0.627. The second kappa shape index (κ2) is 7.96. The molecule has 0 bridgehead atoms. The highest BCUT2D eigenvalue weighted by Crippen LogP contribution is 2.17. The van der Waals surface area contributed by atoms with E-state index < -0.39 is 5.54 Å². The zero-order valence-corrected chi connectivity index (χ0v) is 13.4. The fourth-order valence-electron chi connectivity index (χ4n) is 2.78. The smallest absolute Gasteiger partial charge is 0.237 e. The van der Waals surface area contributed by atoms with Crippen LogP contribution in [0.4, 0.5) is 0 Å². The number of amides is 1. The Balaban J connectivity index is 2.39. The fraction of sp³-hybridized carbons (Fsp3) is 0.933. The number of carbonyl (C=O) groups excluding carboxylic acids is 1. The van der Waals surface area contributed by atoms with Crippen LogP contribution in [0.3, 0.4) is 0 Å². The van der Waals surface area contributed by atoms with Crippen LogP contribution in [-0.4, -0.2) is 55.7 Å². The molecule has 0 aromatic rings. The van der Waals surface area contributed by atoms with Gasteiger partial charge in [-0.2, -0.15) is 0 Å². The van der Waals surface area contributed by atoms with Gasteiger partial charge in [-0.15, -0.1) is 0 Å². The lowest BCUT2D eigenvalue weighted by atomic mass is 9.94. The SMILES string of the molecule is CC(C)NC(C)(CCN(C)CC1CCOCC1)C(N)=O. The molecule has 1 aliphatic rings. The molecule has 3 N–H and O–H groups in total. The van der Waals surface area contributed by atoms with Gasteiger partial charge in [0, 0.05) is 32.3 Å². The maximum Gasteiger partial charge on any atom is 0.237 e. The van der Waals surface area contributed by atoms with Gasteiger partial charge >= 0.3 is 0 Å². The third-order valence-corrected chi connectivity index (χ3v) is 4.06. The summed E-state index contributed by atoms with van der Waals surface area (Å²) in [5.41, 5.74) is 4.93. The number of nitrogens with zero attached hydrogens (tertiary/aromatic N) is 1. The average molecular weight is 285 g/mol. The third kappa shape index (κ3) is 5.77. The largest absolute Gasteiger partial charge is 0.381 e. The van der Waals surface area contributed by atoms with E-state index >= 15 is 0 Å². The van der Waals surface area contributed by atoms with E-state index in [4.69, 9.17) is 10.5 Å². The standard InChI is InChI=1S/C15H31N3O2/c1-12(2)17-15(3,14(16)19)7-8-18(4)11-13-5-9-20-10-6-13/h12-13,17H,5-11H2,1-4H3,(H2,16,19). The topological polar surface area (TPSA) is 67.6 Å². The lowest BCUT2D eigenvalue weighted by molar-refractivity contribution is -0.124. The normalized spacial score (nSPS) is 20.3. The minimum Gasteiger partial charge on any atom is -0.381 e. The zero-order valence-electron chi connectivity index (χ0n) is 13.4. The molecule has 5 nitrogen and oxygen atoms in total. The molecule has 1 heterocycles. The summed E-state index contributed by atoms with van der Waals surface area (Å²) in [6, 6.07) is 0.244. The highest BCUT2D eigenvalue weighted by Gasteiger charge is 2.31. The van der Waals surface area contributed by atoms with E-state index in [0.717, 1.165) is 45.6 Å². The van der Waals surface area contributed by atoms with Crippen LogP contribution in [0.25, 0.3) is 0 Å². The Morgan fingerprint density at radius 2 is 2.05 bits per heavy atom. The monoisotopic (exact) mass is 285 g/mol. The van der Waals surface area contributed by atoms with Crippen molar-refractivity contribution in [1.82, 2.24) is 10.2 Å². The van der Waals surface area contributed by atoms with Gasteiger partial charge in [-0.05, 0) is 53.0 Å². The van der Waals surface area contributed by atoms with Gasteiger partial charge in [-0.3, -0.25) is 4.79 Å². The lowest BCUT2D eigenvalue weighted by Gasteiger charge is -2.33. The highest BCUT2D eigenvalue weighted by molar-refractivity contribution is 5.84. The summed E-state index contributed by atoms with van der Waals surface area (Å²) in [5.74, 6) is 0.442. The molecule has 118 valence electrons. The van der Waals surface area contributed by atoms with Gasteiger partial charge < -0.3 is 20.7 Å². The lowest BCUT2D eigenvalue weighted by Crippen LogP contribution is -2.56. The van der Waals surface area contributed by atoms with Crippen LogP contribution in [-0.2, 0) is 9.53 Å². The predicted molar refractivity (Wildman–Crippen MR) is 81.5 cm³/mol. The maximum atomic E-state index is 11.7. The summed E-state index contributed by atoms with van der Waals surface area (Å²) >= 11 is 0. The quantitative estimate of drug-likeness (QED) is 0.697. The Kier molecular flexibility index (Phi) is 6.92. The van der Waals surface area contributed by atoms with Crippen LogP contribution in [0, 0.1) is 5.92 Å². The van der Waals surface area contributed by atoms with Crippen LogP contribution in [0.2, 0.25) is 0 Å². The van der Waals surface area contributed by atoms with E-state index in [9.17, 15) is 4.79 Å². The van der Waals surface area contributed by atoms with Gasteiger partial charge in [0.1, 0.15) is 0 Å². The number of primary amides is 1. The molecule has 20 heavy (non-hydrogen) atoms. The molecule has 0 saturated carbocycles. The first kappa shape index (κ1) is 17.4. The first-order valence-corrected chi connectivity index (χ1v) is 7.67. The molecular weight excluding hydrogens is 254 g/mol. The van der Waals surface area contributed by atoms with E-state index in [0.29, 0.717) is 5.92 Å². The van der Waals surface area contributed by atoms with Crippen molar-refractivity contribution in [2.24, 2.45) is 11.7 Å². The summed E-state index contributed by atoms with van der Waals surface area (Å²) in [7, 11) is 2.12. The van der Waals surface area contributed by atoms with Gasteiger partial charge in [0.05, 0.1) is 5.54 Å². The summed E-state index contributed by atoms with van der Waals surface area (Å²) < 4.78 is 5.38. The van der Waals surface area contributed by atoms with E-state index in [2.05, 4.69) is 17.3 Å². The van der Waals surface area contributed by atoms with Crippen LogP contribution in [0.15, 0.2) is 0 Å². The number of hydrogen-bond donors (Lipinski definition) is 2. The van der Waals surface area contributed by atoms with Crippen molar-refractivity contribution in [1.29, 1.82) is 0 Å². The van der Waals surface area contributed by atoms with Gasteiger partial charge in [-0.1, -0.05) is 0 Å². The van der Waals surface area contributed by atoms with Gasteiger partial charge in [0.2, 0.25) is 5.91 Å². The van der Waals surface area contributed by atoms with Crippen molar-refractivity contribution >= 4 is 5.91 Å². The first-order valence-electron chi connectivity index (χ1n) is 7.67. The van der Waals surface area contributed by atoms with Gasteiger partial charge in [0.15, 0.2) is 0 Å². The van der Waals surface area contributed by atoms with Crippen molar-refractivity contribution in [2.75, 3.05) is 33.4 Å². The van der Waals surface area contributed by atoms with E-state index in [1.165, 1.54) is 0 Å². The minimum absolute atomic E-state index is 0.244. The molecule has 0 aromatic heterocycles. The Morgan fingerprint density at radius 3 is 2.55 bits per heavy atom. The molecule has 0 aromatic carbocycles. The molecule has 0 spiro atoms. The summed E-state index contributed by atoms with van der Waals surface area (Å²) in [5, 5.41) is 3.29. The third-order valence-electron chi connectivity index (χ3n) is 4.06. The fourth-order valence-corrected chi connectivity index (χ4v) is 2.78. The number of nitrogens with one attached hydrogen (secondary N) is 1. The van der Waals surface area contributed by atoms with Crippen LogP contribution < -0.4 is 11.1 Å². The number of nitrogens with two attached hydrogens (primary N) is 1. The number of hydrogen-bond acceptors (Lipinski definition) is 4. The number of carbonyl (C=O) groups is 1. The highest BCUT2D eigenvalue weighted by atomic mass is 16.5. The van der Waals surface area contributed by atoms with Crippen molar-refractivity contribution in [3.8, 4) is 0 Å². The molecule has 1 saturated heterocycles. The second-order valence-corrected chi connectivity index (χ2v) is 6.56. The first-order chi connectivity index (χ1) is 9.33. The number of rotatable bonds is 8. The average Bonchev–Trinajstić information content (AvgIpc) is 2.36. The molecule has 1 fully saturated rings. The van der Waals surface area contributed by atoms with Crippen LogP contribution in [0.1, 0.15) is 40.0 Å². The van der Waals surface area contributed by atoms with Crippen LogP contribution in [0.5, 0.6) is 0 Å². The molecule has 0 aliphatic carbocycles. The summed E-state index contributed by atoms with van der Waals surface area (Å²) in [6.45, 7) is 9.67. The molecule has 1 amide bonds. The summed E-state index contributed by atoms with van der Waals surface area (Å²) in [6.07, 6.45) is 3.02. The van der Waals surface area contributed by atoms with Gasteiger partial charge in [0.25, 0.3) is 0 Å². The molecule has 0 radical (unpaired) electrons. The molecule has 1 rings (SSSR count). The van der Waals surface area contributed by atoms with Crippen molar-refractivity contribution < 1.29 is 9.53 Å². The Morgan fingerprint density at radius 1 is 1.45 bits per heavy atom. The Hall–Kier alpha value is -0.650. The molecule has 1 atom stereocenters. The Bertz CT molecular complexity index is 303. The van der Waals surface area contributed by atoms with Crippen molar-refractivity contribution in [3.05, 3.63) is 0 Å². The zero-order chi connectivity index (χ0) is 15.2. The number of ether oxygens (including phenoxy) is 1. The molecule has 5 heteroatoms. The van der Waals surface area contributed by atoms with E-state index in [-0.39, 0.29) is 11.9 Å². The summed E-state index contributed by atoms with van der Waals surface area (Å²) in [4.78, 5) is 14.0. The van der Waals surface area contributed by atoms with Crippen LogP contribution >= 0.6 is 0 Å².